The summed E-state index contributed by atoms with van der Waals surface area (Å²) in [6.07, 6.45) is 2.19. The van der Waals surface area contributed by atoms with E-state index in [2.05, 4.69) is 0 Å². The second kappa shape index (κ2) is 7.54. The van der Waals surface area contributed by atoms with Crippen LogP contribution in [-0.2, 0) is 17.9 Å². The number of aromatic nitrogens is 1. The number of carbonyl (C=O) groups is 1. The van der Waals surface area contributed by atoms with Gasteiger partial charge in [0.2, 0.25) is 5.91 Å². The van der Waals surface area contributed by atoms with Gasteiger partial charge in [-0.15, -0.1) is 0 Å². The summed E-state index contributed by atoms with van der Waals surface area (Å²) in [4.78, 5) is 37.7. The Morgan fingerprint density at radius 1 is 1.28 bits per heavy atom. The smallest absolute Gasteiger partial charge is 0.407 e. The molecule has 4 rings (SSSR count). The lowest BCUT2D eigenvalue weighted by molar-refractivity contribution is -0.384. The summed E-state index contributed by atoms with van der Waals surface area (Å²) in [6, 6.07) is 13.7. The van der Waals surface area contributed by atoms with Crippen molar-refractivity contribution >= 4 is 22.7 Å². The van der Waals surface area contributed by atoms with Gasteiger partial charge in [0.05, 0.1) is 16.5 Å². The Morgan fingerprint density at radius 2 is 2.00 bits per heavy atom. The van der Waals surface area contributed by atoms with Crippen molar-refractivity contribution in [2.75, 3.05) is 0 Å². The monoisotopic (exact) mass is 395 g/mol. The fraction of sp³-hybridized carbons (Fsp3) is 0.333. The summed E-state index contributed by atoms with van der Waals surface area (Å²) in [7, 11) is 0. The van der Waals surface area contributed by atoms with Gasteiger partial charge < -0.3 is 9.32 Å². The largest absolute Gasteiger partial charge is 0.420 e. The molecule has 0 saturated heterocycles. The zero-order valence-corrected chi connectivity index (χ0v) is 16.0. The molecule has 29 heavy (non-hydrogen) atoms. The van der Waals surface area contributed by atoms with Crippen molar-refractivity contribution in [2.24, 2.45) is 5.92 Å². The Balaban J connectivity index is 1.62. The van der Waals surface area contributed by atoms with Gasteiger partial charge in [-0.3, -0.25) is 19.5 Å². The summed E-state index contributed by atoms with van der Waals surface area (Å²) in [6.45, 7) is 2.33. The van der Waals surface area contributed by atoms with Gasteiger partial charge in [-0.05, 0) is 37.3 Å². The lowest BCUT2D eigenvalue weighted by Gasteiger charge is -2.29. The number of fused-ring (bicyclic) bond motifs is 1. The molecule has 0 spiro atoms. The fourth-order valence-electron chi connectivity index (χ4n) is 3.62. The second-order valence-electron chi connectivity index (χ2n) is 7.45. The fourth-order valence-corrected chi connectivity index (χ4v) is 3.62. The highest BCUT2D eigenvalue weighted by Gasteiger charge is 2.34. The molecule has 1 atom stereocenters. The van der Waals surface area contributed by atoms with Crippen molar-refractivity contribution in [3.05, 3.63) is 74.8 Å². The van der Waals surface area contributed by atoms with Gasteiger partial charge in [0.25, 0.3) is 5.69 Å². The maximum atomic E-state index is 13.2. The van der Waals surface area contributed by atoms with Crippen LogP contribution in [0.3, 0.4) is 0 Å². The number of rotatable bonds is 7. The molecule has 3 aromatic rings. The molecule has 150 valence electrons. The summed E-state index contributed by atoms with van der Waals surface area (Å²) in [5.41, 5.74) is 1.32. The minimum Gasteiger partial charge on any atom is -0.407 e. The van der Waals surface area contributed by atoms with E-state index in [-0.39, 0.29) is 29.8 Å². The normalized spacial score (nSPS) is 14.7. The Labute approximate surface area is 166 Å². The number of hydrogen-bond acceptors (Lipinski definition) is 5. The van der Waals surface area contributed by atoms with Crippen molar-refractivity contribution in [2.45, 2.75) is 38.9 Å². The molecule has 1 saturated carbocycles. The number of carbonyl (C=O) groups excluding carboxylic acids is 1. The number of nitro groups is 1. The first-order valence-electron chi connectivity index (χ1n) is 9.55. The van der Waals surface area contributed by atoms with Crippen LogP contribution in [0.4, 0.5) is 5.69 Å². The number of oxazole rings is 1. The lowest BCUT2D eigenvalue weighted by Crippen LogP contribution is -2.42. The van der Waals surface area contributed by atoms with E-state index in [1.807, 2.05) is 42.2 Å². The molecule has 1 aliphatic rings. The van der Waals surface area contributed by atoms with E-state index in [1.165, 1.54) is 22.8 Å². The third-order valence-corrected chi connectivity index (χ3v) is 5.47. The van der Waals surface area contributed by atoms with Gasteiger partial charge in [0.15, 0.2) is 5.58 Å². The molecule has 1 amide bonds. The molecule has 0 N–H and O–H groups in total. The Hall–Kier alpha value is -3.42. The van der Waals surface area contributed by atoms with Crippen LogP contribution in [0.25, 0.3) is 11.1 Å². The van der Waals surface area contributed by atoms with Crippen molar-refractivity contribution < 1.29 is 14.1 Å². The first-order valence-corrected chi connectivity index (χ1v) is 9.55. The molecule has 1 unspecified atom stereocenters. The topological polar surface area (TPSA) is 98.6 Å². The molecular formula is C21H21N3O5. The van der Waals surface area contributed by atoms with Crippen LogP contribution in [0, 0.1) is 16.0 Å². The summed E-state index contributed by atoms with van der Waals surface area (Å²) in [5.74, 6) is -0.410. The van der Waals surface area contributed by atoms with Crippen LogP contribution in [0.5, 0.6) is 0 Å². The first kappa shape index (κ1) is 18.9. The predicted octanol–water partition coefficient (Wildman–Crippen LogP) is 3.33. The lowest BCUT2D eigenvalue weighted by atomic mass is 10.1. The predicted molar refractivity (Wildman–Crippen MR) is 106 cm³/mol. The molecule has 1 aromatic heterocycles. The van der Waals surface area contributed by atoms with Crippen LogP contribution < -0.4 is 5.76 Å². The SMILES string of the molecule is CC(C1CC1)N(Cc1ccccc1)C(=O)Cn1c(=O)oc2cc([N+](=O)[O-])ccc21. The van der Waals surface area contributed by atoms with Crippen molar-refractivity contribution in [1.82, 2.24) is 9.47 Å². The first-order chi connectivity index (χ1) is 13.9. The van der Waals surface area contributed by atoms with Crippen molar-refractivity contribution in [3.63, 3.8) is 0 Å². The highest BCUT2D eigenvalue weighted by molar-refractivity contribution is 5.81. The zero-order valence-electron chi connectivity index (χ0n) is 16.0. The van der Waals surface area contributed by atoms with Crippen molar-refractivity contribution in [1.29, 1.82) is 0 Å². The zero-order chi connectivity index (χ0) is 20.5. The third kappa shape index (κ3) is 3.91. The maximum absolute atomic E-state index is 13.2. The van der Waals surface area contributed by atoms with Crippen molar-refractivity contribution in [3.8, 4) is 0 Å². The molecule has 1 heterocycles. The quantitative estimate of drug-likeness (QED) is 0.451. The number of nitrogens with zero attached hydrogens (tertiary/aromatic N) is 3. The minimum absolute atomic E-state index is 0.0673. The van der Waals surface area contributed by atoms with E-state index in [9.17, 15) is 19.7 Å². The Morgan fingerprint density at radius 3 is 2.66 bits per heavy atom. The van der Waals surface area contributed by atoms with E-state index in [4.69, 9.17) is 4.42 Å². The molecule has 0 bridgehead atoms. The van der Waals surface area contributed by atoms with Crippen LogP contribution in [0.2, 0.25) is 0 Å². The van der Waals surface area contributed by atoms with E-state index >= 15 is 0 Å². The number of amides is 1. The highest BCUT2D eigenvalue weighted by Crippen LogP contribution is 2.36. The molecule has 8 heteroatoms. The van der Waals surface area contributed by atoms with E-state index < -0.39 is 10.7 Å². The van der Waals surface area contributed by atoms with Crippen LogP contribution in [0.15, 0.2) is 57.7 Å². The number of nitro benzene ring substituents is 1. The third-order valence-electron chi connectivity index (χ3n) is 5.47. The molecule has 2 aromatic carbocycles. The van der Waals surface area contributed by atoms with Gasteiger partial charge in [-0.1, -0.05) is 30.3 Å². The van der Waals surface area contributed by atoms with Gasteiger partial charge in [0.1, 0.15) is 6.54 Å². The molecule has 1 fully saturated rings. The Kier molecular flexibility index (Phi) is 4.92. The average Bonchev–Trinajstić information content (AvgIpc) is 3.51. The molecule has 1 aliphatic carbocycles. The van der Waals surface area contributed by atoms with Crippen LogP contribution >= 0.6 is 0 Å². The average molecular weight is 395 g/mol. The number of benzene rings is 2. The summed E-state index contributed by atoms with van der Waals surface area (Å²) in [5, 5.41) is 10.9. The highest BCUT2D eigenvalue weighted by atomic mass is 16.6. The van der Waals surface area contributed by atoms with Gasteiger partial charge >= 0.3 is 5.76 Å². The standard InChI is InChI=1S/C21H21N3O5/c1-14(16-7-8-16)22(12-15-5-3-2-4-6-15)20(25)13-23-18-10-9-17(24(27)28)11-19(18)29-21(23)26/h2-6,9-11,14,16H,7-8,12-13H2,1H3. The van der Waals surface area contributed by atoms with Gasteiger partial charge in [0, 0.05) is 18.7 Å². The van der Waals surface area contributed by atoms with Gasteiger partial charge in [-0.25, -0.2) is 4.79 Å². The van der Waals surface area contributed by atoms with Crippen LogP contribution in [0.1, 0.15) is 25.3 Å². The minimum atomic E-state index is -0.701. The van der Waals surface area contributed by atoms with E-state index in [0.717, 1.165) is 18.4 Å². The number of non-ortho nitro benzene ring substituents is 1. The van der Waals surface area contributed by atoms with E-state index in [0.29, 0.717) is 18.0 Å². The number of hydrogen-bond donors (Lipinski definition) is 0. The molecule has 8 nitrogen and oxygen atoms in total. The maximum Gasteiger partial charge on any atom is 0.420 e. The Bertz CT molecular complexity index is 1110. The summed E-state index contributed by atoms with van der Waals surface area (Å²) >= 11 is 0. The molecule has 0 radical (unpaired) electrons. The molecular weight excluding hydrogens is 374 g/mol. The van der Waals surface area contributed by atoms with Gasteiger partial charge in [-0.2, -0.15) is 0 Å². The summed E-state index contributed by atoms with van der Waals surface area (Å²) < 4.78 is 6.38. The second-order valence-corrected chi connectivity index (χ2v) is 7.45. The van der Waals surface area contributed by atoms with E-state index in [1.54, 1.807) is 0 Å². The molecule has 0 aliphatic heterocycles. The van der Waals surface area contributed by atoms with Crippen LogP contribution in [-0.4, -0.2) is 26.3 Å².